The van der Waals surface area contributed by atoms with Gasteiger partial charge in [-0.25, -0.2) is 0 Å². The molecule has 0 aliphatic heterocycles. The molecule has 10 heavy (non-hydrogen) atoms. The molecule has 0 fully saturated rings. The van der Waals surface area contributed by atoms with Crippen LogP contribution in [0.1, 0.15) is 13.3 Å². The number of alkyl halides is 3. The molecule has 0 radical (unpaired) electrons. The molecule has 0 rings (SSSR count). The molecule has 0 aliphatic carbocycles. The summed E-state index contributed by atoms with van der Waals surface area (Å²) in [6.07, 6.45) is -9.15. The van der Waals surface area contributed by atoms with Gasteiger partial charge in [-0.05, 0) is 6.42 Å². The largest absolute Gasteiger partial charge is 0.416 e. The van der Waals surface area contributed by atoms with Crippen molar-refractivity contribution in [2.24, 2.45) is 0 Å². The Balaban J connectivity index is 3.94. The zero-order valence-electron chi connectivity index (χ0n) is 5.39. The molecule has 0 saturated heterocycles. The Morgan fingerprint density at radius 2 is 1.70 bits per heavy atom. The molecule has 2 N–H and O–H groups in total. The van der Waals surface area contributed by atoms with Crippen molar-refractivity contribution in [2.75, 3.05) is 0 Å². The fraction of sp³-hybridized carbons (Fsp3) is 1.00. The van der Waals surface area contributed by atoms with Crippen LogP contribution in [0.3, 0.4) is 0 Å². The molecule has 0 aromatic carbocycles. The molecule has 2 unspecified atom stereocenters. The topological polar surface area (TPSA) is 40.5 Å². The van der Waals surface area contributed by atoms with Gasteiger partial charge in [0.15, 0.2) is 6.10 Å². The van der Waals surface area contributed by atoms with Crippen molar-refractivity contribution in [2.45, 2.75) is 31.7 Å². The smallest absolute Gasteiger partial charge is 0.390 e. The Bertz CT molecular complexity index is 102. The summed E-state index contributed by atoms with van der Waals surface area (Å²) < 4.78 is 34.4. The second kappa shape index (κ2) is 3.21. The summed E-state index contributed by atoms with van der Waals surface area (Å²) in [6, 6.07) is 0. The number of aliphatic hydroxyl groups is 2. The molecule has 0 amide bonds. The third-order valence-corrected chi connectivity index (χ3v) is 1.12. The van der Waals surface area contributed by atoms with Crippen LogP contribution in [0, 0.1) is 0 Å². The number of aliphatic hydroxyl groups excluding tert-OH is 2. The van der Waals surface area contributed by atoms with Crippen LogP contribution in [0.4, 0.5) is 13.2 Å². The van der Waals surface area contributed by atoms with Crippen LogP contribution in [0.5, 0.6) is 0 Å². The monoisotopic (exact) mass is 158 g/mol. The van der Waals surface area contributed by atoms with E-state index in [4.69, 9.17) is 10.2 Å². The van der Waals surface area contributed by atoms with E-state index in [2.05, 4.69) is 0 Å². The summed E-state index contributed by atoms with van der Waals surface area (Å²) in [6.45, 7) is 1.36. The van der Waals surface area contributed by atoms with Crippen molar-refractivity contribution in [3.8, 4) is 0 Å². The fourth-order valence-corrected chi connectivity index (χ4v) is 0.441. The van der Waals surface area contributed by atoms with E-state index in [1.807, 2.05) is 0 Å². The van der Waals surface area contributed by atoms with E-state index in [1.54, 1.807) is 0 Å². The van der Waals surface area contributed by atoms with E-state index in [-0.39, 0.29) is 6.42 Å². The number of hydrogen-bond acceptors (Lipinski definition) is 2. The minimum absolute atomic E-state index is 0.110. The predicted molar refractivity (Wildman–Crippen MR) is 28.4 cm³/mol. The Labute approximate surface area is 56.3 Å². The van der Waals surface area contributed by atoms with E-state index in [0.717, 1.165) is 0 Å². The lowest BCUT2D eigenvalue weighted by molar-refractivity contribution is -0.230. The third kappa shape index (κ3) is 2.53. The number of hydrogen-bond donors (Lipinski definition) is 2. The van der Waals surface area contributed by atoms with Crippen molar-refractivity contribution in [3.05, 3.63) is 0 Å². The first-order chi connectivity index (χ1) is 4.39. The molecule has 0 aromatic rings. The molecule has 0 spiro atoms. The van der Waals surface area contributed by atoms with E-state index < -0.39 is 18.4 Å². The second-order valence-electron chi connectivity index (χ2n) is 1.96. The van der Waals surface area contributed by atoms with Crippen molar-refractivity contribution >= 4 is 0 Å². The molecule has 0 aliphatic rings. The highest BCUT2D eigenvalue weighted by molar-refractivity contribution is 4.72. The van der Waals surface area contributed by atoms with Gasteiger partial charge >= 0.3 is 6.18 Å². The summed E-state index contributed by atoms with van der Waals surface area (Å²) >= 11 is 0. The summed E-state index contributed by atoms with van der Waals surface area (Å²) in [5.41, 5.74) is 0. The number of rotatable bonds is 2. The Kier molecular flexibility index (Phi) is 3.11. The maximum Gasteiger partial charge on any atom is 0.416 e. The number of halogens is 3. The quantitative estimate of drug-likeness (QED) is 0.620. The van der Waals surface area contributed by atoms with E-state index in [9.17, 15) is 13.2 Å². The molecule has 0 aromatic heterocycles. The van der Waals surface area contributed by atoms with Gasteiger partial charge in [-0.2, -0.15) is 13.2 Å². The predicted octanol–water partition coefficient (Wildman–Crippen LogP) is 0.681. The van der Waals surface area contributed by atoms with Crippen LogP contribution in [0.2, 0.25) is 0 Å². The molecule has 0 saturated carbocycles. The zero-order valence-corrected chi connectivity index (χ0v) is 5.39. The van der Waals surface area contributed by atoms with Crippen LogP contribution < -0.4 is 0 Å². The van der Waals surface area contributed by atoms with Crippen LogP contribution in [-0.4, -0.2) is 28.6 Å². The van der Waals surface area contributed by atoms with Gasteiger partial charge in [0.1, 0.15) is 0 Å². The van der Waals surface area contributed by atoms with Gasteiger partial charge in [-0.3, -0.25) is 0 Å². The third-order valence-electron chi connectivity index (χ3n) is 1.12. The van der Waals surface area contributed by atoms with E-state index in [1.165, 1.54) is 6.92 Å². The van der Waals surface area contributed by atoms with Gasteiger partial charge in [-0.1, -0.05) is 6.92 Å². The molecule has 62 valence electrons. The van der Waals surface area contributed by atoms with Crippen LogP contribution in [0.25, 0.3) is 0 Å². The average Bonchev–Trinajstić information content (AvgIpc) is 1.83. The normalized spacial score (nSPS) is 18.6. The van der Waals surface area contributed by atoms with Gasteiger partial charge in [0, 0.05) is 0 Å². The summed E-state index contributed by atoms with van der Waals surface area (Å²) in [4.78, 5) is 0. The zero-order chi connectivity index (χ0) is 8.36. The van der Waals surface area contributed by atoms with E-state index >= 15 is 0 Å². The molecular weight excluding hydrogens is 149 g/mol. The Hall–Kier alpha value is -0.290. The lowest BCUT2D eigenvalue weighted by Crippen LogP contribution is -2.39. The Morgan fingerprint density at radius 3 is 1.80 bits per heavy atom. The lowest BCUT2D eigenvalue weighted by Gasteiger charge is -2.18. The van der Waals surface area contributed by atoms with Crippen molar-refractivity contribution in [1.29, 1.82) is 0 Å². The van der Waals surface area contributed by atoms with Gasteiger partial charge in [0.05, 0.1) is 6.10 Å². The van der Waals surface area contributed by atoms with Crippen LogP contribution in [-0.2, 0) is 0 Å². The minimum Gasteiger partial charge on any atom is -0.390 e. The van der Waals surface area contributed by atoms with Gasteiger partial charge in [-0.15, -0.1) is 0 Å². The highest BCUT2D eigenvalue weighted by Gasteiger charge is 2.42. The Morgan fingerprint density at radius 1 is 1.30 bits per heavy atom. The fourth-order valence-electron chi connectivity index (χ4n) is 0.441. The minimum atomic E-state index is -4.71. The van der Waals surface area contributed by atoms with Gasteiger partial charge in [0.2, 0.25) is 0 Å². The van der Waals surface area contributed by atoms with Crippen LogP contribution >= 0.6 is 0 Å². The molecule has 2 nitrogen and oxygen atoms in total. The molecule has 2 atom stereocenters. The summed E-state index contributed by atoms with van der Waals surface area (Å²) in [5, 5.41) is 16.8. The maximum absolute atomic E-state index is 11.5. The molecule has 0 bridgehead atoms. The highest BCUT2D eigenvalue weighted by atomic mass is 19.4. The van der Waals surface area contributed by atoms with Crippen molar-refractivity contribution in [1.82, 2.24) is 0 Å². The first-order valence-corrected chi connectivity index (χ1v) is 2.82. The first-order valence-electron chi connectivity index (χ1n) is 2.82. The van der Waals surface area contributed by atoms with Gasteiger partial charge in [0.25, 0.3) is 0 Å². The summed E-state index contributed by atoms with van der Waals surface area (Å²) in [5.74, 6) is 0. The standard InChI is InChI=1S/C5H9F3O2/c1-2-3(9)4(10)5(6,7)8/h3-4,9-10H,2H2,1H3. The van der Waals surface area contributed by atoms with Gasteiger partial charge < -0.3 is 10.2 Å². The second-order valence-corrected chi connectivity index (χ2v) is 1.96. The van der Waals surface area contributed by atoms with E-state index in [0.29, 0.717) is 0 Å². The lowest BCUT2D eigenvalue weighted by atomic mass is 10.1. The molecule has 0 heterocycles. The van der Waals surface area contributed by atoms with Crippen LogP contribution in [0.15, 0.2) is 0 Å². The molecule has 5 heteroatoms. The van der Waals surface area contributed by atoms with Crippen molar-refractivity contribution in [3.63, 3.8) is 0 Å². The summed E-state index contributed by atoms with van der Waals surface area (Å²) in [7, 11) is 0. The SMILES string of the molecule is CCC(O)C(O)C(F)(F)F. The average molecular weight is 158 g/mol. The highest BCUT2D eigenvalue weighted by Crippen LogP contribution is 2.23. The maximum atomic E-state index is 11.5. The first kappa shape index (κ1) is 9.71. The van der Waals surface area contributed by atoms with Crippen molar-refractivity contribution < 1.29 is 23.4 Å². The molecular formula is C5H9F3O2.